The Morgan fingerprint density at radius 2 is 1.93 bits per heavy atom. The molecule has 1 aliphatic heterocycles. The molecule has 1 fully saturated rings. The second-order valence-corrected chi connectivity index (χ2v) is 6.31. The molecule has 2 aromatic rings. The van der Waals surface area contributed by atoms with Gasteiger partial charge in [0.2, 0.25) is 0 Å². The molecule has 0 spiro atoms. The largest absolute Gasteiger partial charge is 0.497 e. The molecule has 2 N–H and O–H groups in total. The molecule has 0 unspecified atom stereocenters. The number of benzene rings is 1. The highest BCUT2D eigenvalue weighted by atomic mass is 16.5. The van der Waals surface area contributed by atoms with Gasteiger partial charge in [-0.15, -0.1) is 0 Å². The molecule has 29 heavy (non-hydrogen) atoms. The van der Waals surface area contributed by atoms with E-state index in [1.807, 2.05) is 0 Å². The molecule has 1 atom stereocenters. The van der Waals surface area contributed by atoms with E-state index in [-0.39, 0.29) is 19.0 Å². The Bertz CT molecular complexity index is 857. The van der Waals surface area contributed by atoms with Gasteiger partial charge in [0.1, 0.15) is 12.0 Å². The van der Waals surface area contributed by atoms with E-state index in [1.165, 1.54) is 4.90 Å². The van der Waals surface area contributed by atoms with Crippen molar-refractivity contribution < 1.29 is 23.9 Å². The van der Waals surface area contributed by atoms with Crippen LogP contribution in [0.1, 0.15) is 15.9 Å². The molecule has 0 bridgehead atoms. The molecule has 0 radical (unpaired) electrons. The van der Waals surface area contributed by atoms with E-state index in [9.17, 15) is 14.4 Å². The number of ether oxygens (including phenoxy) is 2. The van der Waals surface area contributed by atoms with Crippen LogP contribution in [-0.4, -0.2) is 60.6 Å². The van der Waals surface area contributed by atoms with Crippen LogP contribution >= 0.6 is 0 Å². The number of nitrogens with one attached hydrogen (secondary N) is 2. The monoisotopic (exact) mass is 398 g/mol. The van der Waals surface area contributed by atoms with E-state index in [0.717, 1.165) is 5.56 Å². The number of aromatic nitrogens is 1. The number of carbonyl (C=O) groups is 3. The van der Waals surface area contributed by atoms with Crippen LogP contribution in [0.2, 0.25) is 0 Å². The summed E-state index contributed by atoms with van der Waals surface area (Å²) in [6.07, 6.45) is 2.59. The zero-order valence-corrected chi connectivity index (χ0v) is 16.0. The third kappa shape index (κ3) is 5.29. The highest BCUT2D eigenvalue weighted by Gasteiger charge is 2.31. The van der Waals surface area contributed by atoms with Crippen LogP contribution in [0.5, 0.6) is 5.75 Å². The van der Waals surface area contributed by atoms with Gasteiger partial charge in [-0.05, 0) is 35.9 Å². The Hall–Kier alpha value is -3.46. The molecular formula is C20H22N4O5. The van der Waals surface area contributed by atoms with Crippen molar-refractivity contribution in [3.8, 4) is 5.75 Å². The molecule has 3 rings (SSSR count). The summed E-state index contributed by atoms with van der Waals surface area (Å²) < 4.78 is 10.6. The van der Waals surface area contributed by atoms with E-state index < -0.39 is 18.0 Å². The first-order valence-corrected chi connectivity index (χ1v) is 9.10. The second kappa shape index (κ2) is 9.65. The standard InChI is InChI=1S/C20H22N4O5/c1-28-16-6-4-15(5-7-16)20(27)24-9-10-29-17(24)13-23-19(26)18(25)22-12-14-3-2-8-21-11-14/h2-8,11,17H,9-10,12-13H2,1H3,(H,22,25)(H,23,26)/t17-/m0/s1. The van der Waals surface area contributed by atoms with Crippen LogP contribution in [0.3, 0.4) is 0 Å². The molecule has 1 saturated heterocycles. The summed E-state index contributed by atoms with van der Waals surface area (Å²) in [6, 6.07) is 10.3. The Morgan fingerprint density at radius 1 is 1.17 bits per heavy atom. The molecule has 3 amide bonds. The molecule has 2 heterocycles. The molecular weight excluding hydrogens is 376 g/mol. The van der Waals surface area contributed by atoms with Crippen LogP contribution in [0, 0.1) is 0 Å². The fourth-order valence-corrected chi connectivity index (χ4v) is 2.85. The van der Waals surface area contributed by atoms with Gasteiger partial charge >= 0.3 is 11.8 Å². The maximum Gasteiger partial charge on any atom is 0.309 e. The van der Waals surface area contributed by atoms with Gasteiger partial charge in [-0.3, -0.25) is 19.4 Å². The number of carbonyl (C=O) groups excluding carboxylic acids is 3. The van der Waals surface area contributed by atoms with E-state index in [4.69, 9.17) is 9.47 Å². The molecule has 1 aliphatic rings. The van der Waals surface area contributed by atoms with E-state index in [2.05, 4.69) is 15.6 Å². The zero-order valence-electron chi connectivity index (χ0n) is 16.0. The smallest absolute Gasteiger partial charge is 0.309 e. The number of amides is 3. The third-order valence-electron chi connectivity index (χ3n) is 4.41. The Morgan fingerprint density at radius 3 is 2.62 bits per heavy atom. The van der Waals surface area contributed by atoms with Gasteiger partial charge in [0, 0.05) is 31.0 Å². The molecule has 9 nitrogen and oxygen atoms in total. The SMILES string of the molecule is COc1ccc(C(=O)N2CCO[C@H]2CNC(=O)C(=O)NCc2cccnc2)cc1. The summed E-state index contributed by atoms with van der Waals surface area (Å²) in [5.41, 5.74) is 1.27. The molecule has 152 valence electrons. The maximum absolute atomic E-state index is 12.7. The summed E-state index contributed by atoms with van der Waals surface area (Å²) >= 11 is 0. The van der Waals surface area contributed by atoms with Crippen LogP contribution in [-0.2, 0) is 20.9 Å². The van der Waals surface area contributed by atoms with Crippen molar-refractivity contribution >= 4 is 17.7 Å². The van der Waals surface area contributed by atoms with Gasteiger partial charge in [-0.2, -0.15) is 0 Å². The lowest BCUT2D eigenvalue weighted by Gasteiger charge is -2.23. The first-order valence-electron chi connectivity index (χ1n) is 9.10. The molecule has 1 aromatic carbocycles. The lowest BCUT2D eigenvalue weighted by atomic mass is 10.2. The highest BCUT2D eigenvalue weighted by Crippen LogP contribution is 2.17. The summed E-state index contributed by atoms with van der Waals surface area (Å²) in [4.78, 5) is 42.1. The Balaban J connectivity index is 1.50. The molecule has 0 aliphatic carbocycles. The number of hydrogen-bond acceptors (Lipinski definition) is 6. The van der Waals surface area contributed by atoms with Gasteiger partial charge in [0.25, 0.3) is 5.91 Å². The van der Waals surface area contributed by atoms with Gasteiger partial charge in [0.05, 0.1) is 20.3 Å². The van der Waals surface area contributed by atoms with Crippen molar-refractivity contribution in [1.82, 2.24) is 20.5 Å². The summed E-state index contributed by atoms with van der Waals surface area (Å²) in [5.74, 6) is -1.12. The quantitative estimate of drug-likeness (QED) is 0.679. The van der Waals surface area contributed by atoms with Crippen molar-refractivity contribution in [1.29, 1.82) is 0 Å². The number of nitrogens with zero attached hydrogens (tertiary/aromatic N) is 2. The van der Waals surface area contributed by atoms with Crippen molar-refractivity contribution in [3.63, 3.8) is 0 Å². The van der Waals surface area contributed by atoms with E-state index in [0.29, 0.717) is 24.5 Å². The minimum atomic E-state index is -0.791. The summed E-state index contributed by atoms with van der Waals surface area (Å²) in [7, 11) is 1.55. The fraction of sp³-hybridized carbons (Fsp3) is 0.300. The van der Waals surface area contributed by atoms with Crippen LogP contribution in [0.15, 0.2) is 48.8 Å². The minimum Gasteiger partial charge on any atom is -0.497 e. The molecule has 0 saturated carbocycles. The topological polar surface area (TPSA) is 110 Å². The number of pyridine rings is 1. The van der Waals surface area contributed by atoms with Gasteiger partial charge in [-0.1, -0.05) is 6.07 Å². The van der Waals surface area contributed by atoms with Crippen molar-refractivity contribution in [2.75, 3.05) is 26.8 Å². The first-order chi connectivity index (χ1) is 14.1. The molecule has 9 heteroatoms. The predicted octanol–water partition coefficient (Wildman–Crippen LogP) is 0.321. The van der Waals surface area contributed by atoms with Gasteiger partial charge < -0.3 is 25.0 Å². The average molecular weight is 398 g/mol. The van der Waals surface area contributed by atoms with Crippen molar-refractivity contribution in [2.45, 2.75) is 12.8 Å². The summed E-state index contributed by atoms with van der Waals surface area (Å²) in [6.45, 7) is 0.970. The maximum atomic E-state index is 12.7. The van der Waals surface area contributed by atoms with Gasteiger partial charge in [0.15, 0.2) is 0 Å². The lowest BCUT2D eigenvalue weighted by molar-refractivity contribution is -0.139. The van der Waals surface area contributed by atoms with Crippen LogP contribution in [0.4, 0.5) is 0 Å². The Labute approximate surface area is 168 Å². The second-order valence-electron chi connectivity index (χ2n) is 6.31. The lowest BCUT2D eigenvalue weighted by Crippen LogP contribution is -2.47. The predicted molar refractivity (Wildman–Crippen MR) is 103 cm³/mol. The van der Waals surface area contributed by atoms with Crippen LogP contribution in [0.25, 0.3) is 0 Å². The highest BCUT2D eigenvalue weighted by molar-refractivity contribution is 6.35. The minimum absolute atomic E-state index is 0.0149. The number of rotatable bonds is 6. The van der Waals surface area contributed by atoms with Crippen molar-refractivity contribution in [3.05, 3.63) is 59.9 Å². The fourth-order valence-electron chi connectivity index (χ4n) is 2.85. The number of hydrogen-bond donors (Lipinski definition) is 2. The van der Waals surface area contributed by atoms with E-state index in [1.54, 1.807) is 55.9 Å². The average Bonchev–Trinajstić information content (AvgIpc) is 3.24. The third-order valence-corrected chi connectivity index (χ3v) is 4.41. The van der Waals surface area contributed by atoms with Crippen LogP contribution < -0.4 is 15.4 Å². The zero-order chi connectivity index (χ0) is 20.6. The molecule has 1 aromatic heterocycles. The summed E-state index contributed by atoms with van der Waals surface area (Å²) in [5, 5.41) is 5.03. The normalized spacial score (nSPS) is 15.6. The Kier molecular flexibility index (Phi) is 6.75. The van der Waals surface area contributed by atoms with E-state index >= 15 is 0 Å². The number of methoxy groups -OCH3 is 1. The van der Waals surface area contributed by atoms with Gasteiger partial charge in [-0.25, -0.2) is 0 Å². The first kappa shape index (κ1) is 20.3. The van der Waals surface area contributed by atoms with Crippen molar-refractivity contribution in [2.24, 2.45) is 0 Å².